The van der Waals surface area contributed by atoms with E-state index < -0.39 is 16.6 Å². The molecule has 0 unspecified atom stereocenters. The fraction of sp³-hybridized carbons (Fsp3) is 0.263. The van der Waals surface area contributed by atoms with Gasteiger partial charge in [-0.2, -0.15) is 0 Å². The molecule has 2 amide bonds. The Kier molecular flexibility index (Phi) is 7.51. The monoisotopic (exact) mass is 405 g/mol. The lowest BCUT2D eigenvalue weighted by atomic mass is 10.2. The van der Waals surface area contributed by atoms with E-state index in [2.05, 4.69) is 5.32 Å². The van der Waals surface area contributed by atoms with Crippen LogP contribution in [0.15, 0.2) is 52.3 Å². The van der Waals surface area contributed by atoms with Crippen molar-refractivity contribution in [2.24, 2.45) is 0 Å². The molecule has 0 spiro atoms. The summed E-state index contributed by atoms with van der Waals surface area (Å²) in [7, 11) is 1.46. The third kappa shape index (κ3) is 5.78. The first-order valence-corrected chi connectivity index (χ1v) is 9.37. The Morgan fingerprint density at radius 3 is 2.50 bits per heavy atom. The maximum atomic E-state index is 13.0. The Morgan fingerprint density at radius 2 is 1.89 bits per heavy atom. The molecule has 0 aliphatic heterocycles. The van der Waals surface area contributed by atoms with Crippen molar-refractivity contribution >= 4 is 29.3 Å². The van der Waals surface area contributed by atoms with E-state index >= 15 is 0 Å². The van der Waals surface area contributed by atoms with Crippen LogP contribution < -0.4 is 5.32 Å². The van der Waals surface area contributed by atoms with Crippen LogP contribution in [0.3, 0.4) is 0 Å². The molecule has 148 valence electrons. The second-order valence-corrected chi connectivity index (χ2v) is 7.12. The molecule has 0 fully saturated rings. The van der Waals surface area contributed by atoms with Crippen LogP contribution >= 0.6 is 11.8 Å². The van der Waals surface area contributed by atoms with Crippen LogP contribution in [0.25, 0.3) is 0 Å². The predicted molar refractivity (Wildman–Crippen MR) is 104 cm³/mol. The van der Waals surface area contributed by atoms with Crippen LogP contribution in [0.4, 0.5) is 10.1 Å². The molecule has 0 radical (unpaired) electrons. The Labute approximate surface area is 166 Å². The van der Waals surface area contributed by atoms with Gasteiger partial charge in [0.1, 0.15) is 5.82 Å². The number of benzene rings is 2. The Bertz CT molecular complexity index is 874. The topological polar surface area (TPSA) is 92.6 Å². The number of hydrogen-bond donors (Lipinski definition) is 1. The summed E-state index contributed by atoms with van der Waals surface area (Å²) in [6.45, 7) is 2.29. The minimum atomic E-state index is -0.573. The van der Waals surface area contributed by atoms with Crippen LogP contribution in [-0.4, -0.2) is 41.8 Å². The molecule has 0 heterocycles. The van der Waals surface area contributed by atoms with Crippen molar-refractivity contribution in [1.29, 1.82) is 0 Å². The van der Waals surface area contributed by atoms with Gasteiger partial charge in [0.05, 0.1) is 16.4 Å². The van der Waals surface area contributed by atoms with Crippen LogP contribution in [0.2, 0.25) is 0 Å². The molecule has 0 saturated heterocycles. The highest BCUT2D eigenvalue weighted by Gasteiger charge is 2.21. The highest BCUT2D eigenvalue weighted by molar-refractivity contribution is 7.99. The maximum Gasteiger partial charge on any atom is 0.284 e. The molecule has 0 saturated carbocycles. The van der Waals surface area contributed by atoms with Gasteiger partial charge in [0, 0.05) is 30.1 Å². The third-order valence-electron chi connectivity index (χ3n) is 3.74. The van der Waals surface area contributed by atoms with Crippen LogP contribution in [0.1, 0.15) is 23.7 Å². The number of nitrogens with zero attached hydrogens (tertiary/aromatic N) is 2. The number of carbonyl (C=O) groups is 2. The molecule has 1 N–H and O–H groups in total. The van der Waals surface area contributed by atoms with Gasteiger partial charge in [-0.05, 0) is 42.8 Å². The highest BCUT2D eigenvalue weighted by atomic mass is 32.2. The summed E-state index contributed by atoms with van der Waals surface area (Å²) in [5.74, 6) is -1.19. The Morgan fingerprint density at radius 1 is 1.21 bits per heavy atom. The van der Waals surface area contributed by atoms with E-state index in [1.54, 1.807) is 0 Å². The van der Waals surface area contributed by atoms with E-state index in [9.17, 15) is 24.1 Å². The molecular weight excluding hydrogens is 385 g/mol. The SMILES string of the molecule is CCCNC(=O)CN(C)C(=O)c1ccc(Sc2ccc(F)cc2)c([N+](=O)[O-])c1. The summed E-state index contributed by atoms with van der Waals surface area (Å²) in [5.41, 5.74) is -0.120. The second-order valence-electron chi connectivity index (χ2n) is 6.01. The molecule has 2 rings (SSSR count). The van der Waals surface area contributed by atoms with E-state index in [1.165, 1.54) is 54.4 Å². The first-order valence-electron chi connectivity index (χ1n) is 8.55. The zero-order valence-electron chi connectivity index (χ0n) is 15.5. The molecule has 9 heteroatoms. The van der Waals surface area contributed by atoms with Crippen molar-refractivity contribution in [1.82, 2.24) is 10.2 Å². The van der Waals surface area contributed by atoms with Gasteiger partial charge in [0.15, 0.2) is 0 Å². The Hall–Kier alpha value is -2.94. The van der Waals surface area contributed by atoms with Crippen molar-refractivity contribution in [3.8, 4) is 0 Å². The zero-order valence-corrected chi connectivity index (χ0v) is 16.3. The lowest BCUT2D eigenvalue weighted by molar-refractivity contribution is -0.387. The lowest BCUT2D eigenvalue weighted by Gasteiger charge is -2.17. The van der Waals surface area contributed by atoms with Crippen LogP contribution in [-0.2, 0) is 4.79 Å². The van der Waals surface area contributed by atoms with E-state index in [-0.39, 0.29) is 23.7 Å². The van der Waals surface area contributed by atoms with E-state index in [0.29, 0.717) is 16.3 Å². The van der Waals surface area contributed by atoms with Gasteiger partial charge in [-0.3, -0.25) is 19.7 Å². The second kappa shape index (κ2) is 9.84. The summed E-state index contributed by atoms with van der Waals surface area (Å²) >= 11 is 1.10. The van der Waals surface area contributed by atoms with Gasteiger partial charge >= 0.3 is 0 Å². The van der Waals surface area contributed by atoms with Crippen LogP contribution in [0, 0.1) is 15.9 Å². The molecular formula is C19H20FN3O4S. The van der Waals surface area contributed by atoms with Crippen molar-refractivity contribution in [2.45, 2.75) is 23.1 Å². The van der Waals surface area contributed by atoms with Crippen molar-refractivity contribution < 1.29 is 18.9 Å². The largest absolute Gasteiger partial charge is 0.355 e. The summed E-state index contributed by atoms with van der Waals surface area (Å²) in [6.07, 6.45) is 0.781. The van der Waals surface area contributed by atoms with E-state index in [1.807, 2.05) is 6.92 Å². The average molecular weight is 405 g/mol. The Balaban J connectivity index is 2.18. The first kappa shape index (κ1) is 21.4. The molecule has 28 heavy (non-hydrogen) atoms. The molecule has 7 nitrogen and oxygen atoms in total. The summed E-state index contributed by atoms with van der Waals surface area (Å²) in [4.78, 5) is 37.3. The fourth-order valence-corrected chi connectivity index (χ4v) is 3.24. The minimum Gasteiger partial charge on any atom is -0.355 e. The highest BCUT2D eigenvalue weighted by Crippen LogP contribution is 2.35. The molecule has 2 aromatic rings. The van der Waals surface area contributed by atoms with Crippen molar-refractivity contribution in [2.75, 3.05) is 20.1 Å². The standard InChI is InChI=1S/C19H20FN3O4S/c1-3-10-21-18(24)12-22(2)19(25)13-4-9-17(16(11-13)23(26)27)28-15-7-5-14(20)6-8-15/h4-9,11H,3,10,12H2,1-2H3,(H,21,24). The normalized spacial score (nSPS) is 10.4. The number of halogens is 1. The number of nitro groups is 1. The lowest BCUT2D eigenvalue weighted by Crippen LogP contribution is -2.38. The summed E-state index contributed by atoms with van der Waals surface area (Å²) in [5, 5.41) is 14.1. The molecule has 0 aromatic heterocycles. The van der Waals surface area contributed by atoms with Crippen LogP contribution in [0.5, 0.6) is 0 Å². The number of nitrogens with one attached hydrogen (secondary N) is 1. The van der Waals surface area contributed by atoms with E-state index in [0.717, 1.165) is 18.2 Å². The van der Waals surface area contributed by atoms with Crippen molar-refractivity contribution in [3.05, 3.63) is 64.0 Å². The third-order valence-corrected chi connectivity index (χ3v) is 4.82. The first-order chi connectivity index (χ1) is 13.3. The summed E-state index contributed by atoms with van der Waals surface area (Å²) < 4.78 is 13.0. The number of hydrogen-bond acceptors (Lipinski definition) is 5. The number of rotatable bonds is 8. The predicted octanol–water partition coefficient (Wildman–Crippen LogP) is 3.48. The number of nitro benzene ring substituents is 1. The zero-order chi connectivity index (χ0) is 20.7. The van der Waals surface area contributed by atoms with E-state index in [4.69, 9.17) is 0 Å². The molecule has 0 aliphatic rings. The van der Waals surface area contributed by atoms with Gasteiger partial charge in [0.25, 0.3) is 11.6 Å². The van der Waals surface area contributed by atoms with Gasteiger partial charge < -0.3 is 10.2 Å². The molecule has 2 aromatic carbocycles. The van der Waals surface area contributed by atoms with Gasteiger partial charge in [0.2, 0.25) is 5.91 Å². The number of likely N-dealkylation sites (N-methyl/N-ethyl adjacent to an activating group) is 1. The smallest absolute Gasteiger partial charge is 0.284 e. The summed E-state index contributed by atoms with van der Waals surface area (Å²) in [6, 6.07) is 9.72. The fourth-order valence-electron chi connectivity index (χ4n) is 2.34. The maximum absolute atomic E-state index is 13.0. The average Bonchev–Trinajstić information content (AvgIpc) is 2.67. The van der Waals surface area contributed by atoms with Gasteiger partial charge in [-0.1, -0.05) is 18.7 Å². The molecule has 0 aliphatic carbocycles. The van der Waals surface area contributed by atoms with Gasteiger partial charge in [-0.15, -0.1) is 0 Å². The van der Waals surface area contributed by atoms with Crippen molar-refractivity contribution in [3.63, 3.8) is 0 Å². The molecule has 0 atom stereocenters. The van der Waals surface area contributed by atoms with Gasteiger partial charge in [-0.25, -0.2) is 4.39 Å². The quantitative estimate of drug-likeness (QED) is 0.536. The number of carbonyl (C=O) groups excluding carboxylic acids is 2. The molecule has 0 bridgehead atoms. The minimum absolute atomic E-state index is 0.112. The number of amides is 2.